The largest absolute Gasteiger partial charge is 0.340 e. The lowest BCUT2D eigenvalue weighted by Crippen LogP contribution is -2.13. The van der Waals surface area contributed by atoms with E-state index in [4.69, 9.17) is 11.6 Å². The Morgan fingerprint density at radius 2 is 1.65 bits per heavy atom. The molecule has 0 aliphatic rings. The molecule has 0 aliphatic heterocycles. The van der Waals surface area contributed by atoms with Gasteiger partial charge in [-0.25, -0.2) is 15.0 Å². The van der Waals surface area contributed by atoms with Crippen molar-refractivity contribution in [1.82, 2.24) is 19.9 Å². The van der Waals surface area contributed by atoms with Gasteiger partial charge in [0, 0.05) is 17.3 Å². The average Bonchev–Trinajstić information content (AvgIpc) is 2.87. The third kappa shape index (κ3) is 4.92. The summed E-state index contributed by atoms with van der Waals surface area (Å²) in [5, 5.41) is 10.4. The van der Waals surface area contributed by atoms with Crippen molar-refractivity contribution in [1.29, 1.82) is 0 Å². The highest BCUT2D eigenvalue weighted by Gasteiger charge is 2.13. The first-order valence-electron chi connectivity index (χ1n) is 10.4. The molecule has 166 valence electrons. The van der Waals surface area contributed by atoms with E-state index in [-0.39, 0.29) is 5.91 Å². The minimum absolute atomic E-state index is 0.310. The number of anilines is 5. The van der Waals surface area contributed by atoms with Gasteiger partial charge in [-0.05, 0) is 48.5 Å². The van der Waals surface area contributed by atoms with Crippen molar-refractivity contribution in [2.75, 3.05) is 16.0 Å². The normalized spacial score (nSPS) is 10.6. The first-order valence-corrected chi connectivity index (χ1v) is 10.7. The highest BCUT2D eigenvalue weighted by molar-refractivity contribution is 6.34. The number of carbonyl (C=O) groups is 1. The molecule has 0 spiro atoms. The maximum absolute atomic E-state index is 12.9. The maximum atomic E-state index is 12.9. The Bertz CT molecular complexity index is 1460. The van der Waals surface area contributed by atoms with Gasteiger partial charge in [-0.1, -0.05) is 29.8 Å². The fourth-order valence-corrected chi connectivity index (χ4v) is 3.49. The predicted octanol–water partition coefficient (Wildman–Crippen LogP) is 5.81. The van der Waals surface area contributed by atoms with E-state index in [0.717, 1.165) is 16.6 Å². The van der Waals surface area contributed by atoms with Gasteiger partial charge in [-0.3, -0.25) is 9.78 Å². The predicted molar refractivity (Wildman–Crippen MR) is 134 cm³/mol. The van der Waals surface area contributed by atoms with Crippen molar-refractivity contribution in [2.45, 2.75) is 0 Å². The van der Waals surface area contributed by atoms with Gasteiger partial charge in [-0.15, -0.1) is 0 Å². The lowest BCUT2D eigenvalue weighted by atomic mass is 10.1. The number of halogens is 1. The van der Waals surface area contributed by atoms with Crippen LogP contribution in [0.5, 0.6) is 0 Å². The van der Waals surface area contributed by atoms with Gasteiger partial charge < -0.3 is 16.0 Å². The van der Waals surface area contributed by atoms with Crippen LogP contribution in [0, 0.1) is 0 Å². The van der Waals surface area contributed by atoms with Crippen LogP contribution in [0.1, 0.15) is 10.4 Å². The molecule has 0 saturated carbocycles. The second kappa shape index (κ2) is 9.51. The van der Waals surface area contributed by atoms with Crippen LogP contribution in [0.4, 0.5) is 28.8 Å². The van der Waals surface area contributed by atoms with Gasteiger partial charge in [0.2, 0.25) is 5.95 Å². The Hall–Kier alpha value is -4.56. The van der Waals surface area contributed by atoms with Crippen LogP contribution >= 0.6 is 11.6 Å². The fourth-order valence-electron chi connectivity index (χ4n) is 3.28. The molecule has 0 atom stereocenters. The van der Waals surface area contributed by atoms with E-state index in [1.165, 1.54) is 12.4 Å². The Morgan fingerprint density at radius 1 is 0.794 bits per heavy atom. The summed E-state index contributed by atoms with van der Waals surface area (Å²) in [5.41, 5.74) is 3.07. The molecular weight excluding hydrogens is 450 g/mol. The molecule has 0 fully saturated rings. The van der Waals surface area contributed by atoms with Gasteiger partial charge in [0.15, 0.2) is 0 Å². The van der Waals surface area contributed by atoms with E-state index in [9.17, 15) is 4.79 Å². The number of rotatable bonds is 6. The summed E-state index contributed by atoms with van der Waals surface area (Å²) in [4.78, 5) is 30.0. The molecule has 0 radical (unpaired) electrons. The van der Waals surface area contributed by atoms with Gasteiger partial charge in [-0.2, -0.15) is 0 Å². The summed E-state index contributed by atoms with van der Waals surface area (Å²) >= 11 is 6.30. The SMILES string of the molecule is O=C(Nc1cnc(Nc2cccnc2)nc1)c1cc(Nc2ccc3ccccc3n2)ccc1Cl. The molecule has 0 unspecified atom stereocenters. The second-order valence-electron chi connectivity index (χ2n) is 7.32. The standard InChI is InChI=1S/C25H18ClN7O/c26-21-9-8-17(30-23-10-7-16-4-1-2-6-22(16)33-23)12-20(21)24(34)31-19-14-28-25(29-15-19)32-18-5-3-11-27-13-18/h1-15H,(H,30,33)(H,31,34)(H,28,29,32). The third-order valence-corrected chi connectivity index (χ3v) is 5.24. The van der Waals surface area contributed by atoms with Crippen molar-refractivity contribution < 1.29 is 4.79 Å². The van der Waals surface area contributed by atoms with Crippen molar-refractivity contribution >= 4 is 57.2 Å². The van der Waals surface area contributed by atoms with Crippen LogP contribution in [-0.2, 0) is 0 Å². The number of hydrogen-bond donors (Lipinski definition) is 3. The van der Waals surface area contributed by atoms with Crippen molar-refractivity contribution in [3.63, 3.8) is 0 Å². The molecule has 0 bridgehead atoms. The lowest BCUT2D eigenvalue weighted by molar-refractivity contribution is 0.102. The number of amides is 1. The van der Waals surface area contributed by atoms with Crippen LogP contribution in [0.25, 0.3) is 10.9 Å². The Morgan fingerprint density at radius 3 is 2.47 bits per heavy atom. The van der Waals surface area contributed by atoms with E-state index >= 15 is 0 Å². The minimum Gasteiger partial charge on any atom is -0.340 e. The zero-order valence-corrected chi connectivity index (χ0v) is 18.5. The molecule has 3 heterocycles. The first kappa shape index (κ1) is 21.3. The van der Waals surface area contributed by atoms with Crippen LogP contribution in [0.2, 0.25) is 5.02 Å². The molecule has 1 amide bonds. The zero-order chi connectivity index (χ0) is 23.3. The van der Waals surface area contributed by atoms with Crippen LogP contribution < -0.4 is 16.0 Å². The molecule has 3 N–H and O–H groups in total. The summed E-state index contributed by atoms with van der Waals surface area (Å²) in [6.45, 7) is 0. The Labute approximate surface area is 200 Å². The van der Waals surface area contributed by atoms with E-state index in [1.54, 1.807) is 36.7 Å². The molecule has 5 aromatic rings. The summed E-state index contributed by atoms with van der Waals surface area (Å²) in [5.74, 6) is 0.673. The van der Waals surface area contributed by atoms with Gasteiger partial charge in [0.1, 0.15) is 5.82 Å². The van der Waals surface area contributed by atoms with Crippen molar-refractivity contribution in [3.8, 4) is 0 Å². The Balaban J connectivity index is 1.29. The van der Waals surface area contributed by atoms with E-state index in [0.29, 0.717) is 33.7 Å². The van der Waals surface area contributed by atoms with Crippen molar-refractivity contribution in [2.24, 2.45) is 0 Å². The summed E-state index contributed by atoms with van der Waals surface area (Å²) in [7, 11) is 0. The Kier molecular flexibility index (Phi) is 5.96. The van der Waals surface area contributed by atoms with E-state index in [1.807, 2.05) is 42.5 Å². The summed E-state index contributed by atoms with van der Waals surface area (Å²) in [6.07, 6.45) is 6.37. The number of para-hydroxylation sites is 1. The number of nitrogens with one attached hydrogen (secondary N) is 3. The lowest BCUT2D eigenvalue weighted by Gasteiger charge is -2.11. The molecule has 2 aromatic carbocycles. The van der Waals surface area contributed by atoms with Crippen LogP contribution in [0.15, 0.2) is 91.5 Å². The number of carbonyl (C=O) groups excluding carboxylic acids is 1. The van der Waals surface area contributed by atoms with Gasteiger partial charge >= 0.3 is 0 Å². The number of nitrogens with zero attached hydrogens (tertiary/aromatic N) is 4. The van der Waals surface area contributed by atoms with Gasteiger partial charge in [0.05, 0.1) is 46.1 Å². The number of aromatic nitrogens is 4. The molecule has 5 rings (SSSR count). The highest BCUT2D eigenvalue weighted by Crippen LogP contribution is 2.25. The third-order valence-electron chi connectivity index (χ3n) is 4.91. The molecule has 9 heteroatoms. The fraction of sp³-hybridized carbons (Fsp3) is 0. The number of pyridine rings is 2. The van der Waals surface area contributed by atoms with Gasteiger partial charge in [0.25, 0.3) is 5.91 Å². The minimum atomic E-state index is -0.378. The van der Waals surface area contributed by atoms with Crippen LogP contribution in [-0.4, -0.2) is 25.8 Å². The molecule has 3 aromatic heterocycles. The second-order valence-corrected chi connectivity index (χ2v) is 7.73. The average molecular weight is 468 g/mol. The van der Waals surface area contributed by atoms with E-state index in [2.05, 4.69) is 35.9 Å². The summed E-state index contributed by atoms with van der Waals surface area (Å²) in [6, 6.07) is 20.5. The van der Waals surface area contributed by atoms with E-state index < -0.39 is 0 Å². The molecular formula is C25H18ClN7O. The first-order chi connectivity index (χ1) is 16.6. The zero-order valence-electron chi connectivity index (χ0n) is 17.7. The number of benzene rings is 2. The molecule has 34 heavy (non-hydrogen) atoms. The molecule has 8 nitrogen and oxygen atoms in total. The van der Waals surface area contributed by atoms with Crippen molar-refractivity contribution in [3.05, 3.63) is 102 Å². The quantitative estimate of drug-likeness (QED) is 0.289. The molecule has 0 saturated heterocycles. The molecule has 0 aliphatic carbocycles. The topological polar surface area (TPSA) is 105 Å². The number of hydrogen-bond acceptors (Lipinski definition) is 7. The monoisotopic (exact) mass is 467 g/mol. The van der Waals surface area contributed by atoms with Crippen LogP contribution in [0.3, 0.4) is 0 Å². The highest BCUT2D eigenvalue weighted by atomic mass is 35.5. The number of fused-ring (bicyclic) bond motifs is 1. The maximum Gasteiger partial charge on any atom is 0.257 e. The summed E-state index contributed by atoms with van der Waals surface area (Å²) < 4.78 is 0. The smallest absolute Gasteiger partial charge is 0.257 e.